The summed E-state index contributed by atoms with van der Waals surface area (Å²) >= 11 is 0. The Morgan fingerprint density at radius 2 is 2.00 bits per heavy atom. The van der Waals surface area contributed by atoms with Crippen LogP contribution in [0.1, 0.15) is 32.9 Å². The molecule has 182 valence electrons. The number of pyridine rings is 1. The second-order valence-corrected chi connectivity index (χ2v) is 8.52. The Balaban J connectivity index is 1.97. The van der Waals surface area contributed by atoms with E-state index < -0.39 is 17.2 Å². The van der Waals surface area contributed by atoms with Crippen LogP contribution in [0.5, 0.6) is 5.75 Å². The lowest BCUT2D eigenvalue weighted by Gasteiger charge is -2.23. The zero-order valence-electron chi connectivity index (χ0n) is 20.1. The second kappa shape index (κ2) is 10.3. The number of hydrogen-bond acceptors (Lipinski definition) is 6. The van der Waals surface area contributed by atoms with Crippen LogP contribution in [0.2, 0.25) is 0 Å². The van der Waals surface area contributed by atoms with Crippen molar-refractivity contribution >= 4 is 11.4 Å². The third-order valence-electron chi connectivity index (χ3n) is 5.66. The number of aliphatic hydroxyl groups is 1. The summed E-state index contributed by atoms with van der Waals surface area (Å²) in [7, 11) is 3.45. The lowest BCUT2D eigenvalue weighted by molar-refractivity contribution is 0.117. The third kappa shape index (κ3) is 5.26. The first-order chi connectivity index (χ1) is 16.1. The highest BCUT2D eigenvalue weighted by Gasteiger charge is 2.23. The summed E-state index contributed by atoms with van der Waals surface area (Å²) in [6, 6.07) is 6.17. The van der Waals surface area contributed by atoms with Crippen LogP contribution in [0.15, 0.2) is 52.9 Å². The molecule has 3 aromatic rings. The Bertz CT molecular complexity index is 1240. The monoisotopic (exact) mass is 471 g/mol. The molecule has 0 spiro atoms. The van der Waals surface area contributed by atoms with Gasteiger partial charge in [-0.1, -0.05) is 0 Å². The molecule has 2 aromatic heterocycles. The Morgan fingerprint density at radius 1 is 1.26 bits per heavy atom. The van der Waals surface area contributed by atoms with Crippen molar-refractivity contribution in [2.75, 3.05) is 20.7 Å². The average Bonchev–Trinajstić information content (AvgIpc) is 3.20. The molecule has 2 heterocycles. The number of halogens is 2. The van der Waals surface area contributed by atoms with Gasteiger partial charge in [0.2, 0.25) is 5.82 Å². The quantitative estimate of drug-likeness (QED) is 0.412. The predicted octanol–water partition coefficient (Wildman–Crippen LogP) is 3.84. The number of aromatic nitrogens is 2. The van der Waals surface area contributed by atoms with Crippen LogP contribution in [0, 0.1) is 11.6 Å². The van der Waals surface area contributed by atoms with Crippen molar-refractivity contribution in [3.8, 4) is 16.9 Å². The van der Waals surface area contributed by atoms with E-state index in [9.17, 15) is 13.9 Å². The van der Waals surface area contributed by atoms with Crippen molar-refractivity contribution in [1.82, 2.24) is 14.7 Å². The smallest absolute Gasteiger partial charge is 0.201 e. The molecule has 34 heavy (non-hydrogen) atoms. The number of fused-ring (bicyclic) bond motifs is 1. The molecule has 0 amide bonds. The Hall–Kier alpha value is -3.30. The highest BCUT2D eigenvalue weighted by molar-refractivity contribution is 5.99. The summed E-state index contributed by atoms with van der Waals surface area (Å²) in [5.74, 6) is -2.26. The van der Waals surface area contributed by atoms with Gasteiger partial charge in [0.15, 0.2) is 11.6 Å². The number of nitrogens with two attached hydrogens (primary N) is 1. The first-order valence-corrected chi connectivity index (χ1v) is 11.0. The summed E-state index contributed by atoms with van der Waals surface area (Å²) in [6.07, 6.45) is 3.83. The van der Waals surface area contributed by atoms with Gasteiger partial charge < -0.3 is 25.3 Å². The van der Waals surface area contributed by atoms with Gasteiger partial charge in [-0.3, -0.25) is 4.99 Å². The number of nitrogens with one attached hydrogen (secondary N) is 1. The Labute approximate surface area is 198 Å². The third-order valence-corrected chi connectivity index (χ3v) is 5.66. The number of benzene rings is 1. The minimum atomic E-state index is -1.26. The van der Waals surface area contributed by atoms with Gasteiger partial charge in [-0.05, 0) is 57.7 Å². The van der Waals surface area contributed by atoms with Crippen LogP contribution in [-0.4, -0.2) is 46.5 Å². The summed E-state index contributed by atoms with van der Waals surface area (Å²) in [4.78, 5) is 8.52. The zero-order valence-corrected chi connectivity index (χ0v) is 20.1. The fourth-order valence-corrected chi connectivity index (χ4v) is 3.67. The number of ether oxygens (including phenoxy) is 1. The van der Waals surface area contributed by atoms with Gasteiger partial charge in [0.25, 0.3) is 0 Å². The first-order valence-electron chi connectivity index (χ1n) is 11.0. The molecular weight excluding hydrogens is 440 g/mol. The Kier molecular flexibility index (Phi) is 7.68. The molecule has 0 bridgehead atoms. The molecule has 1 aromatic carbocycles. The largest absolute Gasteiger partial charge is 0.489 e. The van der Waals surface area contributed by atoms with E-state index in [1.807, 2.05) is 23.7 Å². The van der Waals surface area contributed by atoms with E-state index in [1.54, 1.807) is 40.1 Å². The molecule has 3 rings (SSSR count). The molecule has 4 N–H and O–H groups in total. The van der Waals surface area contributed by atoms with Gasteiger partial charge in [0.05, 0.1) is 24.1 Å². The van der Waals surface area contributed by atoms with Crippen molar-refractivity contribution < 1.29 is 18.6 Å². The van der Waals surface area contributed by atoms with E-state index in [0.29, 0.717) is 29.0 Å². The topological polar surface area (TPSA) is 97.2 Å². The van der Waals surface area contributed by atoms with Gasteiger partial charge in [0.1, 0.15) is 5.65 Å². The standard InChI is InChI=1S/C25H31F2N5O2/c1-15(30-5)18(24(28)25(2,3)33)10-11-34-23-19(7-8-20(26)22(23)27)16-6-9-21-31-13-17(12-29-4)32(21)14-16/h6-9,13-14,29,33H,10-12,28H2,1-5H3/b24-18-,30-15?. The summed E-state index contributed by atoms with van der Waals surface area (Å²) in [5, 5.41) is 13.4. The van der Waals surface area contributed by atoms with Crippen molar-refractivity contribution in [2.24, 2.45) is 10.7 Å². The van der Waals surface area contributed by atoms with E-state index in [-0.39, 0.29) is 24.5 Å². The SMILES string of the molecule is CN=C(C)/C(CCOc1c(-c2ccc3ncc(CNC)n3c2)ccc(F)c1F)=C(\N)C(C)(C)O. The summed E-state index contributed by atoms with van der Waals surface area (Å²) in [5.41, 5.74) is 9.10. The van der Waals surface area contributed by atoms with Gasteiger partial charge in [-0.2, -0.15) is 4.39 Å². The maximum atomic E-state index is 14.9. The molecule has 0 aliphatic heterocycles. The first kappa shape index (κ1) is 25.3. The molecule has 7 nitrogen and oxygen atoms in total. The van der Waals surface area contributed by atoms with E-state index in [1.165, 1.54) is 6.07 Å². The van der Waals surface area contributed by atoms with E-state index in [0.717, 1.165) is 17.4 Å². The minimum absolute atomic E-state index is 0.00463. The van der Waals surface area contributed by atoms with Crippen molar-refractivity contribution in [2.45, 2.75) is 39.3 Å². The van der Waals surface area contributed by atoms with Gasteiger partial charge in [-0.15, -0.1) is 0 Å². The van der Waals surface area contributed by atoms with E-state index >= 15 is 0 Å². The minimum Gasteiger partial charge on any atom is -0.489 e. The molecule has 0 saturated heterocycles. The summed E-state index contributed by atoms with van der Waals surface area (Å²) in [6.45, 7) is 5.52. The molecule has 0 saturated carbocycles. The Morgan fingerprint density at radius 3 is 2.65 bits per heavy atom. The molecule has 9 heteroatoms. The van der Waals surface area contributed by atoms with Crippen LogP contribution < -0.4 is 15.8 Å². The fraction of sp³-hybridized carbons (Fsp3) is 0.360. The molecule has 0 aliphatic rings. The highest BCUT2D eigenvalue weighted by atomic mass is 19.2. The van der Waals surface area contributed by atoms with Crippen molar-refractivity contribution in [3.05, 3.63) is 65.3 Å². The van der Waals surface area contributed by atoms with Gasteiger partial charge >= 0.3 is 0 Å². The van der Waals surface area contributed by atoms with E-state index in [2.05, 4.69) is 15.3 Å². The van der Waals surface area contributed by atoms with Crippen LogP contribution >= 0.6 is 0 Å². The van der Waals surface area contributed by atoms with Crippen LogP contribution in [0.4, 0.5) is 8.78 Å². The van der Waals surface area contributed by atoms with Crippen molar-refractivity contribution in [1.29, 1.82) is 0 Å². The van der Waals surface area contributed by atoms with Crippen LogP contribution in [0.25, 0.3) is 16.8 Å². The number of nitrogens with zero attached hydrogens (tertiary/aromatic N) is 3. The van der Waals surface area contributed by atoms with E-state index in [4.69, 9.17) is 10.5 Å². The van der Waals surface area contributed by atoms with Gasteiger partial charge in [-0.25, -0.2) is 9.37 Å². The number of imidazole rings is 1. The van der Waals surface area contributed by atoms with Crippen molar-refractivity contribution in [3.63, 3.8) is 0 Å². The molecule has 0 atom stereocenters. The van der Waals surface area contributed by atoms with Gasteiger partial charge in [0, 0.05) is 48.7 Å². The molecular formula is C25H31F2N5O2. The highest BCUT2D eigenvalue weighted by Crippen LogP contribution is 2.34. The molecule has 0 radical (unpaired) electrons. The number of aliphatic imine (C=N–C) groups is 1. The lowest BCUT2D eigenvalue weighted by atomic mass is 9.96. The fourth-order valence-electron chi connectivity index (χ4n) is 3.67. The lowest BCUT2D eigenvalue weighted by Crippen LogP contribution is -2.31. The number of hydrogen-bond donors (Lipinski definition) is 3. The van der Waals surface area contributed by atoms with Crippen LogP contribution in [-0.2, 0) is 6.54 Å². The molecule has 0 aliphatic carbocycles. The second-order valence-electron chi connectivity index (χ2n) is 8.52. The predicted molar refractivity (Wildman–Crippen MR) is 130 cm³/mol. The summed E-state index contributed by atoms with van der Waals surface area (Å²) < 4.78 is 36.7. The maximum absolute atomic E-state index is 14.9. The maximum Gasteiger partial charge on any atom is 0.201 e. The molecule has 0 fully saturated rings. The normalized spacial score (nSPS) is 13.4. The zero-order chi connectivity index (χ0) is 25.0. The van der Waals surface area contributed by atoms with Crippen LogP contribution in [0.3, 0.4) is 0 Å². The number of rotatable bonds is 9. The molecule has 0 unspecified atom stereocenters. The average molecular weight is 472 g/mol.